The van der Waals surface area contributed by atoms with Gasteiger partial charge in [-0.15, -0.1) is 0 Å². The zero-order chi connectivity index (χ0) is 11.9. The fourth-order valence-electron chi connectivity index (χ4n) is 2.67. The molecule has 0 radical (unpaired) electrons. The summed E-state index contributed by atoms with van der Waals surface area (Å²) in [5, 5.41) is 3.30. The highest BCUT2D eigenvalue weighted by Crippen LogP contribution is 2.30. The molecule has 1 aliphatic rings. The van der Waals surface area contributed by atoms with Crippen molar-refractivity contribution in [1.29, 1.82) is 0 Å². The van der Waals surface area contributed by atoms with Gasteiger partial charge in [-0.2, -0.15) is 0 Å². The molecule has 2 nitrogen and oxygen atoms in total. The molecule has 1 aromatic heterocycles. The Kier molecular flexibility index (Phi) is 4.75. The summed E-state index contributed by atoms with van der Waals surface area (Å²) in [4.78, 5) is 4.18. The summed E-state index contributed by atoms with van der Waals surface area (Å²) in [6.45, 7) is 1.000. The molecule has 0 bridgehead atoms. The van der Waals surface area contributed by atoms with Gasteiger partial charge in [-0.1, -0.05) is 37.0 Å². The molecular weight excluding hydrogens is 208 g/mol. The Hall–Kier alpha value is -1.15. The fraction of sp³-hybridized carbons (Fsp3) is 0.533. The number of likely N-dealkylation sites (N-methyl/N-ethyl adjacent to an activating group) is 1. The van der Waals surface area contributed by atoms with E-state index < -0.39 is 0 Å². The topological polar surface area (TPSA) is 24.9 Å². The van der Waals surface area contributed by atoms with Crippen molar-refractivity contribution in [2.24, 2.45) is 5.92 Å². The summed E-state index contributed by atoms with van der Waals surface area (Å²) in [7, 11) is 2.03. The molecular formula is C15H22N2. The van der Waals surface area contributed by atoms with Crippen LogP contribution in [0.25, 0.3) is 6.08 Å². The smallest absolute Gasteiger partial charge is 0.0340 e. The first-order chi connectivity index (χ1) is 8.40. The summed E-state index contributed by atoms with van der Waals surface area (Å²) in [5.74, 6) is 0.774. The number of hydrogen-bond acceptors (Lipinski definition) is 2. The molecule has 2 heteroatoms. The molecule has 0 saturated heterocycles. The number of nitrogens with one attached hydrogen (secondary N) is 1. The van der Waals surface area contributed by atoms with Crippen LogP contribution in [0.5, 0.6) is 0 Å². The van der Waals surface area contributed by atoms with Crippen LogP contribution in [0.1, 0.15) is 37.7 Å². The highest BCUT2D eigenvalue weighted by atomic mass is 14.8. The van der Waals surface area contributed by atoms with E-state index >= 15 is 0 Å². The predicted molar refractivity (Wildman–Crippen MR) is 72.7 cm³/mol. The van der Waals surface area contributed by atoms with E-state index in [4.69, 9.17) is 0 Å². The molecule has 1 N–H and O–H groups in total. The van der Waals surface area contributed by atoms with E-state index in [-0.39, 0.29) is 0 Å². The molecule has 1 fully saturated rings. The summed E-state index contributed by atoms with van der Waals surface area (Å²) in [6.07, 6.45) is 13.0. The number of aromatic nitrogens is 1. The summed E-state index contributed by atoms with van der Waals surface area (Å²) >= 11 is 0. The molecule has 0 atom stereocenters. The Morgan fingerprint density at radius 3 is 2.88 bits per heavy atom. The molecule has 0 spiro atoms. The molecule has 0 unspecified atom stereocenters. The first-order valence-corrected chi connectivity index (χ1v) is 6.65. The molecule has 1 aliphatic carbocycles. The Labute approximate surface area is 104 Å². The fourth-order valence-corrected chi connectivity index (χ4v) is 2.67. The van der Waals surface area contributed by atoms with Crippen LogP contribution in [0.2, 0.25) is 0 Å². The third-order valence-electron chi connectivity index (χ3n) is 3.55. The van der Waals surface area contributed by atoms with E-state index in [0.29, 0.717) is 0 Å². The molecule has 2 rings (SSSR count). The minimum atomic E-state index is 0.774. The van der Waals surface area contributed by atoms with Gasteiger partial charge in [0.1, 0.15) is 0 Å². The predicted octanol–water partition coefficient (Wildman–Crippen LogP) is 3.26. The second kappa shape index (κ2) is 6.55. The van der Waals surface area contributed by atoms with Crippen molar-refractivity contribution in [3.63, 3.8) is 0 Å². The van der Waals surface area contributed by atoms with E-state index in [9.17, 15) is 0 Å². The lowest BCUT2D eigenvalue weighted by molar-refractivity contribution is 0.398. The van der Waals surface area contributed by atoms with Crippen molar-refractivity contribution in [2.75, 3.05) is 13.6 Å². The molecule has 1 saturated carbocycles. The number of nitrogens with zero attached hydrogens (tertiary/aromatic N) is 1. The van der Waals surface area contributed by atoms with E-state index in [1.54, 1.807) is 5.57 Å². The monoisotopic (exact) mass is 230 g/mol. The van der Waals surface area contributed by atoms with Crippen LogP contribution < -0.4 is 5.32 Å². The largest absolute Gasteiger partial charge is 0.316 e. The van der Waals surface area contributed by atoms with Crippen molar-refractivity contribution in [3.05, 3.63) is 35.7 Å². The van der Waals surface area contributed by atoms with Gasteiger partial charge in [0.05, 0.1) is 0 Å². The standard InChI is InChI=1S/C15H22N2/c1-16-12-15(14-7-3-2-4-8-14)10-13-6-5-9-17-11-13/h5-6,9-11,14,16H,2-4,7-8,12H2,1H3. The zero-order valence-electron chi connectivity index (χ0n) is 10.7. The molecule has 0 aromatic carbocycles. The van der Waals surface area contributed by atoms with Crippen LogP contribution in [-0.2, 0) is 0 Å². The quantitative estimate of drug-likeness (QED) is 0.858. The minimum absolute atomic E-state index is 0.774. The van der Waals surface area contributed by atoms with E-state index in [2.05, 4.69) is 22.4 Å². The SMILES string of the molecule is CNCC(=Cc1cccnc1)C1CCCCC1. The van der Waals surface area contributed by atoms with E-state index in [0.717, 1.165) is 12.5 Å². The maximum Gasteiger partial charge on any atom is 0.0340 e. The second-order valence-electron chi connectivity index (χ2n) is 4.87. The lowest BCUT2D eigenvalue weighted by atomic mass is 9.83. The van der Waals surface area contributed by atoms with Crippen molar-refractivity contribution in [1.82, 2.24) is 10.3 Å². The first-order valence-electron chi connectivity index (χ1n) is 6.65. The molecule has 1 heterocycles. The lowest BCUT2D eigenvalue weighted by Gasteiger charge is -2.24. The van der Waals surface area contributed by atoms with Gasteiger partial charge in [0.2, 0.25) is 0 Å². The normalized spacial score (nSPS) is 18.3. The number of pyridine rings is 1. The van der Waals surface area contributed by atoms with Gasteiger partial charge in [0.25, 0.3) is 0 Å². The van der Waals surface area contributed by atoms with Crippen molar-refractivity contribution in [3.8, 4) is 0 Å². The summed E-state index contributed by atoms with van der Waals surface area (Å²) in [5.41, 5.74) is 2.77. The Balaban J connectivity index is 2.12. The highest BCUT2D eigenvalue weighted by Gasteiger charge is 2.17. The van der Waals surface area contributed by atoms with Crippen LogP contribution in [0.15, 0.2) is 30.1 Å². The van der Waals surface area contributed by atoms with Gasteiger partial charge >= 0.3 is 0 Å². The molecule has 17 heavy (non-hydrogen) atoms. The molecule has 0 aliphatic heterocycles. The second-order valence-corrected chi connectivity index (χ2v) is 4.87. The lowest BCUT2D eigenvalue weighted by Crippen LogP contribution is -2.19. The van der Waals surface area contributed by atoms with E-state index in [1.165, 1.54) is 37.7 Å². The molecule has 92 valence electrons. The Bertz CT molecular complexity index is 350. The van der Waals surface area contributed by atoms with Crippen LogP contribution >= 0.6 is 0 Å². The van der Waals surface area contributed by atoms with Crippen LogP contribution in [0.4, 0.5) is 0 Å². The molecule has 0 amide bonds. The van der Waals surface area contributed by atoms with Crippen molar-refractivity contribution >= 4 is 6.08 Å². The van der Waals surface area contributed by atoms with Gasteiger partial charge in [0.15, 0.2) is 0 Å². The van der Waals surface area contributed by atoms with Crippen molar-refractivity contribution < 1.29 is 0 Å². The van der Waals surface area contributed by atoms with Crippen LogP contribution in [-0.4, -0.2) is 18.6 Å². The first kappa shape index (κ1) is 12.3. The average molecular weight is 230 g/mol. The summed E-state index contributed by atoms with van der Waals surface area (Å²) < 4.78 is 0. The Morgan fingerprint density at radius 2 is 2.24 bits per heavy atom. The zero-order valence-corrected chi connectivity index (χ0v) is 10.7. The van der Waals surface area contributed by atoms with Gasteiger partial charge in [-0.05, 0) is 37.4 Å². The average Bonchev–Trinajstić information content (AvgIpc) is 2.40. The highest BCUT2D eigenvalue weighted by molar-refractivity contribution is 5.52. The van der Waals surface area contributed by atoms with Gasteiger partial charge in [-0.25, -0.2) is 0 Å². The van der Waals surface area contributed by atoms with Gasteiger partial charge < -0.3 is 5.32 Å². The van der Waals surface area contributed by atoms with Crippen LogP contribution in [0.3, 0.4) is 0 Å². The molecule has 1 aromatic rings. The van der Waals surface area contributed by atoms with Crippen LogP contribution in [0, 0.1) is 5.92 Å². The third-order valence-corrected chi connectivity index (χ3v) is 3.55. The maximum absolute atomic E-state index is 4.18. The van der Waals surface area contributed by atoms with Gasteiger partial charge in [0, 0.05) is 18.9 Å². The summed E-state index contributed by atoms with van der Waals surface area (Å²) in [6, 6.07) is 4.13. The third kappa shape index (κ3) is 3.67. The van der Waals surface area contributed by atoms with E-state index in [1.807, 2.05) is 25.5 Å². The minimum Gasteiger partial charge on any atom is -0.316 e. The number of hydrogen-bond donors (Lipinski definition) is 1. The van der Waals surface area contributed by atoms with Crippen molar-refractivity contribution in [2.45, 2.75) is 32.1 Å². The maximum atomic E-state index is 4.18. The Morgan fingerprint density at radius 1 is 1.41 bits per heavy atom. The van der Waals surface area contributed by atoms with Gasteiger partial charge in [-0.3, -0.25) is 4.98 Å². The number of rotatable bonds is 4.